The number of hydrogen-bond donors (Lipinski definition) is 1. The molecule has 1 amide bonds. The van der Waals surface area contributed by atoms with Crippen molar-refractivity contribution in [2.45, 2.75) is 46.0 Å². The van der Waals surface area contributed by atoms with Gasteiger partial charge in [0.1, 0.15) is 5.52 Å². The lowest BCUT2D eigenvalue weighted by Gasteiger charge is -2.48. The first kappa shape index (κ1) is 14.7. The van der Waals surface area contributed by atoms with Crippen LogP contribution < -0.4 is 5.32 Å². The van der Waals surface area contributed by atoms with Crippen LogP contribution >= 0.6 is 0 Å². The summed E-state index contributed by atoms with van der Waals surface area (Å²) in [5.41, 5.74) is 2.16. The van der Waals surface area contributed by atoms with Crippen molar-refractivity contribution in [3.8, 4) is 0 Å². The summed E-state index contributed by atoms with van der Waals surface area (Å²) in [4.78, 5) is 17.2. The van der Waals surface area contributed by atoms with Crippen molar-refractivity contribution < 1.29 is 9.21 Å². The number of anilines is 1. The molecule has 1 aromatic heterocycles. The zero-order valence-electron chi connectivity index (χ0n) is 13.8. The van der Waals surface area contributed by atoms with E-state index in [4.69, 9.17) is 4.42 Å². The standard InChI is InChI=1S/C19H24N2O2/c1-12-5-14-6-13(2)9-19(8-12,10-14)18(22)21-15-3-4-16-17(7-15)23-11-20-16/h3-4,7,11-14H,5-6,8-10H2,1-2H3,(H,21,22). The molecule has 2 aliphatic rings. The van der Waals surface area contributed by atoms with E-state index < -0.39 is 0 Å². The summed E-state index contributed by atoms with van der Waals surface area (Å²) in [7, 11) is 0. The van der Waals surface area contributed by atoms with Crippen LogP contribution in [0.3, 0.4) is 0 Å². The van der Waals surface area contributed by atoms with Crippen LogP contribution in [0.25, 0.3) is 11.1 Å². The number of aromatic nitrogens is 1. The summed E-state index contributed by atoms with van der Waals surface area (Å²) < 4.78 is 5.34. The van der Waals surface area contributed by atoms with Gasteiger partial charge in [-0.15, -0.1) is 0 Å². The minimum Gasteiger partial charge on any atom is -0.443 e. The van der Waals surface area contributed by atoms with Gasteiger partial charge in [0.15, 0.2) is 12.0 Å². The molecule has 0 aliphatic heterocycles. The highest BCUT2D eigenvalue weighted by Crippen LogP contribution is 2.53. The maximum atomic E-state index is 13.1. The Hall–Kier alpha value is -1.84. The highest BCUT2D eigenvalue weighted by atomic mass is 16.3. The Morgan fingerprint density at radius 3 is 2.70 bits per heavy atom. The van der Waals surface area contributed by atoms with Crippen molar-refractivity contribution in [2.24, 2.45) is 23.2 Å². The summed E-state index contributed by atoms with van der Waals surface area (Å²) in [5, 5.41) is 3.15. The van der Waals surface area contributed by atoms with Crippen molar-refractivity contribution in [3.05, 3.63) is 24.6 Å². The topological polar surface area (TPSA) is 55.1 Å². The molecule has 0 radical (unpaired) electrons. The van der Waals surface area contributed by atoms with E-state index in [0.29, 0.717) is 23.3 Å². The Bertz CT molecular complexity index is 716. The number of nitrogens with one attached hydrogen (secondary N) is 1. The molecule has 2 aliphatic carbocycles. The molecule has 2 aromatic rings. The van der Waals surface area contributed by atoms with Crippen LogP contribution in [0, 0.1) is 23.2 Å². The van der Waals surface area contributed by atoms with Crippen LogP contribution in [0.2, 0.25) is 0 Å². The number of carbonyl (C=O) groups is 1. The van der Waals surface area contributed by atoms with Gasteiger partial charge >= 0.3 is 0 Å². The van der Waals surface area contributed by atoms with Crippen molar-refractivity contribution in [2.75, 3.05) is 5.32 Å². The van der Waals surface area contributed by atoms with Gasteiger partial charge in [-0.1, -0.05) is 13.8 Å². The molecule has 0 saturated heterocycles. The fourth-order valence-electron chi connectivity index (χ4n) is 5.18. The van der Waals surface area contributed by atoms with Crippen LogP contribution in [0.15, 0.2) is 29.0 Å². The van der Waals surface area contributed by atoms with E-state index in [1.54, 1.807) is 0 Å². The van der Waals surface area contributed by atoms with E-state index in [1.807, 2.05) is 18.2 Å². The highest BCUT2D eigenvalue weighted by Gasteiger charge is 2.48. The van der Waals surface area contributed by atoms with E-state index in [2.05, 4.69) is 24.1 Å². The van der Waals surface area contributed by atoms with Gasteiger partial charge in [-0.3, -0.25) is 4.79 Å². The molecule has 1 aromatic carbocycles. The number of benzene rings is 1. The Morgan fingerprint density at radius 2 is 1.96 bits per heavy atom. The Kier molecular flexibility index (Phi) is 3.43. The normalized spacial score (nSPS) is 33.6. The molecule has 23 heavy (non-hydrogen) atoms. The largest absolute Gasteiger partial charge is 0.443 e. The fourth-order valence-corrected chi connectivity index (χ4v) is 5.18. The van der Waals surface area contributed by atoms with Gasteiger partial charge in [-0.05, 0) is 62.0 Å². The van der Waals surface area contributed by atoms with Gasteiger partial charge < -0.3 is 9.73 Å². The van der Waals surface area contributed by atoms with E-state index in [1.165, 1.54) is 19.2 Å². The first-order valence-electron chi connectivity index (χ1n) is 8.69. The number of amides is 1. The van der Waals surface area contributed by atoms with Gasteiger partial charge in [0.05, 0.1) is 5.41 Å². The van der Waals surface area contributed by atoms with Gasteiger partial charge in [0.25, 0.3) is 0 Å². The molecular formula is C19H24N2O2. The van der Waals surface area contributed by atoms with Crippen molar-refractivity contribution >= 4 is 22.7 Å². The first-order valence-corrected chi connectivity index (χ1v) is 8.69. The van der Waals surface area contributed by atoms with Gasteiger partial charge in [0.2, 0.25) is 5.91 Å². The summed E-state index contributed by atoms with van der Waals surface area (Å²) in [6.07, 6.45) is 7.09. The molecule has 4 rings (SSSR count). The molecule has 4 nitrogen and oxygen atoms in total. The number of oxazole rings is 1. The van der Waals surface area contributed by atoms with Crippen molar-refractivity contribution in [1.29, 1.82) is 0 Å². The minimum absolute atomic E-state index is 0.184. The van der Waals surface area contributed by atoms with Gasteiger partial charge in [-0.25, -0.2) is 4.98 Å². The Labute approximate surface area is 136 Å². The average Bonchev–Trinajstić information content (AvgIpc) is 2.93. The molecule has 1 heterocycles. The molecule has 2 atom stereocenters. The van der Waals surface area contributed by atoms with Crippen LogP contribution in [-0.2, 0) is 4.79 Å². The number of hydrogen-bond acceptors (Lipinski definition) is 3. The molecule has 2 fully saturated rings. The molecule has 0 spiro atoms. The zero-order chi connectivity index (χ0) is 16.0. The fraction of sp³-hybridized carbons (Fsp3) is 0.579. The molecular weight excluding hydrogens is 288 g/mol. The van der Waals surface area contributed by atoms with Gasteiger partial charge in [0, 0.05) is 11.8 Å². The first-order chi connectivity index (χ1) is 11.0. The van der Waals surface area contributed by atoms with Crippen LogP contribution in [0.4, 0.5) is 5.69 Å². The lowest BCUT2D eigenvalue weighted by atomic mass is 9.56. The summed E-state index contributed by atoms with van der Waals surface area (Å²) >= 11 is 0. The van der Waals surface area contributed by atoms with E-state index >= 15 is 0 Å². The lowest BCUT2D eigenvalue weighted by molar-refractivity contribution is -0.133. The average molecular weight is 312 g/mol. The molecule has 122 valence electrons. The molecule has 2 bridgehead atoms. The van der Waals surface area contributed by atoms with E-state index in [9.17, 15) is 4.79 Å². The highest BCUT2D eigenvalue weighted by molar-refractivity contribution is 5.96. The predicted octanol–water partition coefficient (Wildman–Crippen LogP) is 4.62. The number of rotatable bonds is 2. The Balaban J connectivity index is 1.59. The summed E-state index contributed by atoms with van der Waals surface area (Å²) in [5.74, 6) is 2.19. The molecule has 2 saturated carbocycles. The number of carbonyl (C=O) groups excluding carboxylic acids is 1. The molecule has 2 unspecified atom stereocenters. The third-order valence-corrected chi connectivity index (χ3v) is 5.70. The second-order valence-corrected chi connectivity index (χ2v) is 7.93. The van der Waals surface area contributed by atoms with Crippen LogP contribution in [0.5, 0.6) is 0 Å². The lowest BCUT2D eigenvalue weighted by Crippen LogP contribution is -2.47. The minimum atomic E-state index is -0.184. The van der Waals surface area contributed by atoms with Crippen LogP contribution in [-0.4, -0.2) is 10.9 Å². The van der Waals surface area contributed by atoms with Crippen molar-refractivity contribution in [3.63, 3.8) is 0 Å². The number of fused-ring (bicyclic) bond motifs is 3. The van der Waals surface area contributed by atoms with Crippen LogP contribution in [0.1, 0.15) is 46.0 Å². The molecule has 4 heteroatoms. The smallest absolute Gasteiger partial charge is 0.230 e. The maximum absolute atomic E-state index is 13.1. The predicted molar refractivity (Wildman–Crippen MR) is 90.0 cm³/mol. The summed E-state index contributed by atoms with van der Waals surface area (Å²) in [6, 6.07) is 5.67. The number of nitrogens with zero attached hydrogens (tertiary/aromatic N) is 1. The second kappa shape index (κ2) is 5.36. The molecule has 1 N–H and O–H groups in total. The zero-order valence-corrected chi connectivity index (χ0v) is 13.8. The SMILES string of the molecule is CC1CC2CC(C)CC(C(=O)Nc3ccc4ncoc4c3)(C1)C2. The summed E-state index contributed by atoms with van der Waals surface area (Å²) in [6.45, 7) is 4.59. The quantitative estimate of drug-likeness (QED) is 0.880. The monoisotopic (exact) mass is 312 g/mol. The van der Waals surface area contributed by atoms with Gasteiger partial charge in [-0.2, -0.15) is 0 Å². The van der Waals surface area contributed by atoms with Crippen molar-refractivity contribution in [1.82, 2.24) is 4.98 Å². The van der Waals surface area contributed by atoms with E-state index in [-0.39, 0.29) is 11.3 Å². The third kappa shape index (κ3) is 2.64. The third-order valence-electron chi connectivity index (χ3n) is 5.70. The second-order valence-electron chi connectivity index (χ2n) is 7.93. The van der Waals surface area contributed by atoms with E-state index in [0.717, 1.165) is 30.5 Å². The Morgan fingerprint density at radius 1 is 1.22 bits per heavy atom. The maximum Gasteiger partial charge on any atom is 0.230 e.